The zero-order valence-electron chi connectivity index (χ0n) is 16.7. The number of carbonyl (C=O) groups is 2. The number of amides is 2. The highest BCUT2D eigenvalue weighted by Gasteiger charge is 2.44. The van der Waals surface area contributed by atoms with Gasteiger partial charge in [-0.2, -0.15) is 0 Å². The largest absolute Gasteiger partial charge is 0.369 e. The summed E-state index contributed by atoms with van der Waals surface area (Å²) in [5.74, 6) is -0.323. The van der Waals surface area contributed by atoms with Crippen LogP contribution in [0.3, 0.4) is 0 Å². The van der Waals surface area contributed by atoms with Gasteiger partial charge in [0, 0.05) is 30.6 Å². The molecule has 0 bridgehead atoms. The molecular weight excluding hydrogens is 384 g/mol. The van der Waals surface area contributed by atoms with E-state index in [1.807, 2.05) is 30.0 Å². The zero-order valence-corrected chi connectivity index (χ0v) is 17.5. The lowest BCUT2D eigenvalue weighted by Gasteiger charge is -2.42. The summed E-state index contributed by atoms with van der Waals surface area (Å²) in [5.41, 5.74) is 13.7. The maximum atomic E-state index is 13.1. The van der Waals surface area contributed by atoms with E-state index < -0.39 is 5.41 Å². The normalized spacial score (nSPS) is 27.1. The second kappa shape index (κ2) is 8.26. The van der Waals surface area contributed by atoms with Gasteiger partial charge in [-0.1, -0.05) is 30.3 Å². The molecule has 2 fully saturated rings. The van der Waals surface area contributed by atoms with Gasteiger partial charge in [-0.25, -0.2) is 0 Å². The first-order valence-electron chi connectivity index (χ1n) is 10.2. The summed E-state index contributed by atoms with van der Waals surface area (Å²) >= 11 is 1.69. The van der Waals surface area contributed by atoms with Gasteiger partial charge >= 0.3 is 0 Å². The average Bonchev–Trinajstić information content (AvgIpc) is 3.40. The number of nitrogens with zero attached hydrogens (tertiary/aromatic N) is 1. The summed E-state index contributed by atoms with van der Waals surface area (Å²) < 4.78 is 0. The van der Waals surface area contributed by atoms with E-state index >= 15 is 0 Å². The van der Waals surface area contributed by atoms with E-state index in [9.17, 15) is 9.59 Å². The molecule has 3 atom stereocenters. The molecule has 0 spiro atoms. The van der Waals surface area contributed by atoms with Gasteiger partial charge in [0.15, 0.2) is 0 Å². The lowest BCUT2D eigenvalue weighted by atomic mass is 9.73. The molecule has 2 aromatic rings. The Balaban J connectivity index is 1.60. The van der Waals surface area contributed by atoms with Crippen molar-refractivity contribution in [2.45, 2.75) is 32.2 Å². The van der Waals surface area contributed by atoms with E-state index in [4.69, 9.17) is 5.73 Å². The predicted molar refractivity (Wildman–Crippen MR) is 115 cm³/mol. The minimum absolute atomic E-state index is 0.0759. The number of piperidine rings is 1. The monoisotopic (exact) mass is 412 g/mol. The molecule has 0 radical (unpaired) electrons. The Hall–Kier alpha value is -2.22. The molecule has 154 valence electrons. The standard InChI is InChI=1S/C22H28N4O2S/c1-15-18(13-24-25-15)20(27)26-10-5-9-22(14-26,21(23)28)12-16-6-2-3-7-17(16)19-8-4-11-29-19/h2-4,6-8,11,15,18,24-25H,5,9-10,12-14H2,1H3,(H2,23,28). The van der Waals surface area contributed by atoms with Gasteiger partial charge in [-0.15, -0.1) is 11.3 Å². The predicted octanol–water partition coefficient (Wildman–Crippen LogP) is 2.16. The molecule has 6 nitrogen and oxygen atoms in total. The number of thiophene rings is 1. The summed E-state index contributed by atoms with van der Waals surface area (Å²) in [4.78, 5) is 28.9. The third kappa shape index (κ3) is 3.95. The highest BCUT2D eigenvalue weighted by molar-refractivity contribution is 7.13. The SMILES string of the molecule is CC1NNCC1C(=O)N1CCCC(Cc2ccccc2-c2cccs2)(C(N)=O)C1. The van der Waals surface area contributed by atoms with Crippen LogP contribution in [-0.2, 0) is 16.0 Å². The molecule has 4 rings (SSSR count). The van der Waals surface area contributed by atoms with E-state index in [1.54, 1.807) is 11.3 Å². The number of rotatable bonds is 5. The van der Waals surface area contributed by atoms with E-state index in [-0.39, 0.29) is 23.8 Å². The van der Waals surface area contributed by atoms with Gasteiger partial charge < -0.3 is 10.6 Å². The highest BCUT2D eigenvalue weighted by Crippen LogP contribution is 2.38. The summed E-state index contributed by atoms with van der Waals surface area (Å²) in [6, 6.07) is 12.4. The number of hydrogen-bond donors (Lipinski definition) is 3. The van der Waals surface area contributed by atoms with E-state index in [0.717, 1.165) is 17.5 Å². The van der Waals surface area contributed by atoms with Crippen molar-refractivity contribution in [3.63, 3.8) is 0 Å². The summed E-state index contributed by atoms with van der Waals surface area (Å²) in [6.45, 7) is 3.69. The maximum absolute atomic E-state index is 13.1. The molecular formula is C22H28N4O2S. The number of nitrogens with two attached hydrogens (primary N) is 1. The second-order valence-electron chi connectivity index (χ2n) is 8.24. The van der Waals surface area contributed by atoms with Crippen LogP contribution < -0.4 is 16.6 Å². The summed E-state index contributed by atoms with van der Waals surface area (Å²) in [7, 11) is 0. The number of benzene rings is 1. The van der Waals surface area contributed by atoms with Crippen LogP contribution >= 0.6 is 11.3 Å². The minimum atomic E-state index is -0.732. The molecule has 7 heteroatoms. The molecule has 2 aliphatic rings. The van der Waals surface area contributed by atoms with Gasteiger partial charge in [0.2, 0.25) is 11.8 Å². The van der Waals surface area contributed by atoms with Gasteiger partial charge in [0.25, 0.3) is 0 Å². The molecule has 1 aromatic carbocycles. The van der Waals surface area contributed by atoms with E-state index in [0.29, 0.717) is 32.5 Å². The lowest BCUT2D eigenvalue weighted by molar-refractivity contribution is -0.142. The Bertz CT molecular complexity index is 885. The summed E-state index contributed by atoms with van der Waals surface area (Å²) in [5, 5.41) is 2.06. The molecule has 29 heavy (non-hydrogen) atoms. The van der Waals surface area contributed by atoms with Gasteiger partial charge in [0.05, 0.1) is 11.3 Å². The third-order valence-electron chi connectivity index (χ3n) is 6.32. The fraction of sp³-hybridized carbons (Fsp3) is 0.455. The number of nitrogens with one attached hydrogen (secondary N) is 2. The van der Waals surface area contributed by atoms with E-state index in [2.05, 4.69) is 34.4 Å². The number of likely N-dealkylation sites (tertiary alicyclic amines) is 1. The Morgan fingerprint density at radius 2 is 2.10 bits per heavy atom. The van der Waals surface area contributed by atoms with E-state index in [1.165, 1.54) is 4.88 Å². The molecule has 2 amide bonds. The first kappa shape index (κ1) is 20.1. The van der Waals surface area contributed by atoms with Crippen molar-refractivity contribution in [1.82, 2.24) is 15.8 Å². The Morgan fingerprint density at radius 1 is 1.28 bits per heavy atom. The van der Waals surface area contributed by atoms with Gasteiger partial charge in [0.1, 0.15) is 0 Å². The lowest BCUT2D eigenvalue weighted by Crippen LogP contribution is -2.55. The first-order valence-corrected chi connectivity index (χ1v) is 11.1. The molecule has 1 aromatic heterocycles. The fourth-order valence-corrected chi connectivity index (χ4v) is 5.39. The van der Waals surface area contributed by atoms with Crippen molar-refractivity contribution in [3.8, 4) is 10.4 Å². The smallest absolute Gasteiger partial charge is 0.228 e. The van der Waals surface area contributed by atoms with Crippen LogP contribution in [-0.4, -0.2) is 42.4 Å². The molecule has 2 aliphatic heterocycles. The third-order valence-corrected chi connectivity index (χ3v) is 7.22. The van der Waals surface area contributed by atoms with Crippen molar-refractivity contribution in [1.29, 1.82) is 0 Å². The van der Waals surface area contributed by atoms with Crippen LogP contribution in [0.25, 0.3) is 10.4 Å². The van der Waals surface area contributed by atoms with Crippen molar-refractivity contribution < 1.29 is 9.59 Å². The molecule has 0 aliphatic carbocycles. The Kier molecular flexibility index (Phi) is 5.72. The number of carbonyl (C=O) groups excluding carboxylic acids is 2. The topological polar surface area (TPSA) is 87.5 Å². The van der Waals surface area contributed by atoms with Crippen molar-refractivity contribution in [3.05, 3.63) is 47.3 Å². The van der Waals surface area contributed by atoms with Crippen molar-refractivity contribution in [2.24, 2.45) is 17.1 Å². The Morgan fingerprint density at radius 3 is 2.79 bits per heavy atom. The van der Waals surface area contributed by atoms with Crippen molar-refractivity contribution in [2.75, 3.05) is 19.6 Å². The molecule has 3 unspecified atom stereocenters. The van der Waals surface area contributed by atoms with Crippen LogP contribution in [0.15, 0.2) is 41.8 Å². The minimum Gasteiger partial charge on any atom is -0.369 e. The molecule has 3 heterocycles. The quantitative estimate of drug-likeness (QED) is 0.702. The number of hydrazine groups is 1. The van der Waals surface area contributed by atoms with Gasteiger partial charge in [-0.3, -0.25) is 20.4 Å². The molecule has 2 saturated heterocycles. The van der Waals surface area contributed by atoms with Crippen molar-refractivity contribution >= 4 is 23.2 Å². The summed E-state index contributed by atoms with van der Waals surface area (Å²) in [6.07, 6.45) is 2.05. The van der Waals surface area contributed by atoms with Gasteiger partial charge in [-0.05, 0) is 48.8 Å². The average molecular weight is 413 g/mol. The Labute approximate surface area is 175 Å². The van der Waals surface area contributed by atoms with Crippen LogP contribution in [0.5, 0.6) is 0 Å². The fourth-order valence-electron chi connectivity index (χ4n) is 4.61. The van der Waals surface area contributed by atoms with Crippen LogP contribution in [0.4, 0.5) is 0 Å². The number of hydrogen-bond acceptors (Lipinski definition) is 5. The maximum Gasteiger partial charge on any atom is 0.228 e. The number of primary amides is 1. The van der Waals surface area contributed by atoms with Crippen LogP contribution in [0.1, 0.15) is 25.3 Å². The second-order valence-corrected chi connectivity index (χ2v) is 9.19. The van der Waals surface area contributed by atoms with Crippen LogP contribution in [0.2, 0.25) is 0 Å². The zero-order chi connectivity index (χ0) is 20.4. The first-order chi connectivity index (χ1) is 14.0. The highest BCUT2D eigenvalue weighted by atomic mass is 32.1. The molecule has 0 saturated carbocycles. The van der Waals surface area contributed by atoms with Crippen LogP contribution in [0, 0.1) is 11.3 Å². The molecule has 4 N–H and O–H groups in total.